The summed E-state index contributed by atoms with van der Waals surface area (Å²) in [5.74, 6) is -0.962. The number of fused-ring (bicyclic) bond motifs is 1. The second-order valence-corrected chi connectivity index (χ2v) is 9.14. The van der Waals surface area contributed by atoms with Gasteiger partial charge in [-0.15, -0.1) is 0 Å². The van der Waals surface area contributed by atoms with Crippen LogP contribution in [-0.4, -0.2) is 24.2 Å². The molecule has 3 aromatic rings. The van der Waals surface area contributed by atoms with Crippen LogP contribution in [0, 0.1) is 20.8 Å². The number of anilines is 2. The van der Waals surface area contributed by atoms with E-state index < -0.39 is 35.1 Å². The van der Waals surface area contributed by atoms with Crippen molar-refractivity contribution in [3.63, 3.8) is 0 Å². The minimum atomic E-state index is -6.25. The molecular formula is C27H21F7N2O2. The maximum absolute atomic E-state index is 14.6. The van der Waals surface area contributed by atoms with Gasteiger partial charge in [0, 0.05) is 28.1 Å². The monoisotopic (exact) mass is 538 g/mol. The molecule has 0 saturated heterocycles. The van der Waals surface area contributed by atoms with Crippen molar-refractivity contribution in [1.82, 2.24) is 0 Å². The molecule has 0 spiro atoms. The van der Waals surface area contributed by atoms with Gasteiger partial charge in [-0.25, -0.2) is 4.39 Å². The predicted octanol–water partition coefficient (Wildman–Crippen LogP) is 7.31. The fraction of sp³-hybridized carbons (Fsp3) is 0.259. The molecule has 0 saturated carbocycles. The molecule has 1 heterocycles. The van der Waals surface area contributed by atoms with Gasteiger partial charge in [-0.05, 0) is 73.4 Å². The van der Waals surface area contributed by atoms with Crippen molar-refractivity contribution in [2.75, 3.05) is 10.2 Å². The third-order valence-electron chi connectivity index (χ3n) is 6.56. The average Bonchev–Trinajstić information content (AvgIpc) is 3.16. The van der Waals surface area contributed by atoms with Gasteiger partial charge in [0.15, 0.2) is 0 Å². The molecule has 0 aromatic heterocycles. The standard InChI is InChI=1S/C27H21F7N2O2/c1-14-8-9-17(12-22(14)36-13-18-6-4-5-7-19(18)24(36)38)23(37)35-21-11-15(2)20(10-16(21)3)25(28,26(29,30)31)27(32,33)34/h4-12H,13H2,1-3H3,(H,35,37). The van der Waals surface area contributed by atoms with Crippen molar-refractivity contribution >= 4 is 23.2 Å². The fourth-order valence-corrected chi connectivity index (χ4v) is 4.47. The van der Waals surface area contributed by atoms with Gasteiger partial charge >= 0.3 is 18.0 Å². The van der Waals surface area contributed by atoms with Crippen LogP contribution in [0.5, 0.6) is 0 Å². The zero-order valence-corrected chi connectivity index (χ0v) is 20.3. The molecule has 0 unspecified atom stereocenters. The Morgan fingerprint density at radius 2 is 1.45 bits per heavy atom. The lowest BCUT2D eigenvalue weighted by Gasteiger charge is -2.32. The molecule has 3 aromatic carbocycles. The Balaban J connectivity index is 1.65. The minimum absolute atomic E-state index is 0.0882. The van der Waals surface area contributed by atoms with Crippen LogP contribution in [0.1, 0.15) is 48.5 Å². The number of benzene rings is 3. The van der Waals surface area contributed by atoms with E-state index in [1.54, 1.807) is 31.2 Å². The molecule has 1 aliphatic rings. The molecule has 0 atom stereocenters. The van der Waals surface area contributed by atoms with Gasteiger partial charge in [0.2, 0.25) is 0 Å². The van der Waals surface area contributed by atoms with Crippen LogP contribution in [0.4, 0.5) is 42.1 Å². The molecule has 200 valence electrons. The molecule has 2 amide bonds. The summed E-state index contributed by atoms with van der Waals surface area (Å²) >= 11 is 0. The van der Waals surface area contributed by atoms with Crippen LogP contribution in [0.2, 0.25) is 0 Å². The maximum atomic E-state index is 14.6. The normalized spacial score (nSPS) is 14.1. The first-order valence-corrected chi connectivity index (χ1v) is 11.3. The highest BCUT2D eigenvalue weighted by molar-refractivity contribution is 6.11. The Morgan fingerprint density at radius 3 is 2.05 bits per heavy atom. The number of halogens is 7. The smallest absolute Gasteiger partial charge is 0.322 e. The average molecular weight is 538 g/mol. The fourth-order valence-electron chi connectivity index (χ4n) is 4.47. The third kappa shape index (κ3) is 4.39. The first kappa shape index (κ1) is 27.2. The van der Waals surface area contributed by atoms with Gasteiger partial charge in [-0.1, -0.05) is 24.3 Å². The van der Waals surface area contributed by atoms with Crippen LogP contribution in [0.3, 0.4) is 0 Å². The number of hydrogen-bond donors (Lipinski definition) is 1. The van der Waals surface area contributed by atoms with Gasteiger partial charge in [0.05, 0.1) is 6.54 Å². The summed E-state index contributed by atoms with van der Waals surface area (Å²) in [4.78, 5) is 27.4. The second-order valence-electron chi connectivity index (χ2n) is 9.14. The number of alkyl halides is 7. The molecule has 4 rings (SSSR count). The van der Waals surface area contributed by atoms with E-state index in [1.807, 2.05) is 6.07 Å². The Kier molecular flexibility index (Phi) is 6.53. The molecule has 0 bridgehead atoms. The van der Waals surface area contributed by atoms with E-state index in [-0.39, 0.29) is 22.7 Å². The number of aryl methyl sites for hydroxylation is 3. The van der Waals surface area contributed by atoms with Crippen LogP contribution in [0.15, 0.2) is 54.6 Å². The molecule has 4 nitrogen and oxygen atoms in total. The highest BCUT2D eigenvalue weighted by atomic mass is 19.4. The highest BCUT2D eigenvalue weighted by Gasteiger charge is 2.73. The van der Waals surface area contributed by atoms with E-state index in [9.17, 15) is 40.3 Å². The topological polar surface area (TPSA) is 49.4 Å². The van der Waals surface area contributed by atoms with Gasteiger partial charge in [-0.3, -0.25) is 9.59 Å². The molecule has 1 N–H and O–H groups in total. The second kappa shape index (κ2) is 9.14. The Morgan fingerprint density at radius 1 is 0.816 bits per heavy atom. The Labute approximate surface area is 213 Å². The molecule has 0 aliphatic carbocycles. The van der Waals surface area contributed by atoms with Gasteiger partial charge in [0.1, 0.15) is 0 Å². The van der Waals surface area contributed by atoms with E-state index in [2.05, 4.69) is 5.32 Å². The van der Waals surface area contributed by atoms with Crippen molar-refractivity contribution in [3.05, 3.63) is 93.5 Å². The Bertz CT molecular complexity index is 1430. The number of carbonyl (C=O) groups excluding carboxylic acids is 2. The number of nitrogens with one attached hydrogen (secondary N) is 1. The van der Waals surface area contributed by atoms with Crippen LogP contribution < -0.4 is 10.2 Å². The Hall–Kier alpha value is -3.89. The quantitative estimate of drug-likeness (QED) is 0.354. The number of hydrogen-bond acceptors (Lipinski definition) is 2. The number of rotatable bonds is 4. The molecular weight excluding hydrogens is 517 g/mol. The summed E-state index contributed by atoms with van der Waals surface area (Å²) < 4.78 is 94.1. The number of amides is 2. The summed E-state index contributed by atoms with van der Waals surface area (Å²) in [6.45, 7) is 4.11. The number of carbonyl (C=O) groups is 2. The van der Waals surface area contributed by atoms with Crippen molar-refractivity contribution in [2.24, 2.45) is 0 Å². The van der Waals surface area contributed by atoms with Gasteiger partial charge < -0.3 is 10.2 Å². The third-order valence-corrected chi connectivity index (χ3v) is 6.56. The van der Waals surface area contributed by atoms with Crippen molar-refractivity contribution in [2.45, 2.75) is 45.3 Å². The van der Waals surface area contributed by atoms with E-state index in [4.69, 9.17) is 0 Å². The van der Waals surface area contributed by atoms with E-state index in [0.717, 1.165) is 25.5 Å². The summed E-state index contributed by atoms with van der Waals surface area (Å²) in [6.07, 6.45) is -12.5. The van der Waals surface area contributed by atoms with Crippen LogP contribution in [-0.2, 0) is 12.2 Å². The summed E-state index contributed by atoms with van der Waals surface area (Å²) in [6, 6.07) is 12.9. The van der Waals surface area contributed by atoms with E-state index in [1.165, 1.54) is 17.0 Å². The lowest BCUT2D eigenvalue weighted by Crippen LogP contribution is -2.50. The molecule has 0 radical (unpaired) electrons. The van der Waals surface area contributed by atoms with E-state index in [0.29, 0.717) is 29.4 Å². The van der Waals surface area contributed by atoms with E-state index >= 15 is 0 Å². The molecule has 11 heteroatoms. The zero-order chi connectivity index (χ0) is 28.2. The van der Waals surface area contributed by atoms with Crippen LogP contribution >= 0.6 is 0 Å². The van der Waals surface area contributed by atoms with Crippen molar-refractivity contribution in [1.29, 1.82) is 0 Å². The van der Waals surface area contributed by atoms with Crippen molar-refractivity contribution < 1.29 is 40.3 Å². The zero-order valence-electron chi connectivity index (χ0n) is 20.3. The first-order chi connectivity index (χ1) is 17.6. The van der Waals surface area contributed by atoms with Crippen LogP contribution in [0.25, 0.3) is 0 Å². The van der Waals surface area contributed by atoms with Crippen molar-refractivity contribution in [3.8, 4) is 0 Å². The first-order valence-electron chi connectivity index (χ1n) is 11.3. The SMILES string of the molecule is Cc1cc(C(F)(C(F)(F)F)C(F)(F)F)c(C)cc1NC(=O)c1ccc(C)c(N2Cc3ccccc3C2=O)c1. The molecule has 38 heavy (non-hydrogen) atoms. The van der Waals surface area contributed by atoms with Gasteiger partial charge in [-0.2, -0.15) is 26.3 Å². The summed E-state index contributed by atoms with van der Waals surface area (Å²) in [7, 11) is 0. The summed E-state index contributed by atoms with van der Waals surface area (Å²) in [5.41, 5.74) is -5.48. The number of nitrogens with zero attached hydrogens (tertiary/aromatic N) is 1. The molecule has 0 fully saturated rings. The lowest BCUT2D eigenvalue weighted by atomic mass is 9.88. The minimum Gasteiger partial charge on any atom is -0.322 e. The molecule has 1 aliphatic heterocycles. The maximum Gasteiger partial charge on any atom is 0.435 e. The summed E-state index contributed by atoms with van der Waals surface area (Å²) in [5, 5.41) is 2.46. The lowest BCUT2D eigenvalue weighted by molar-refractivity contribution is -0.348. The predicted molar refractivity (Wildman–Crippen MR) is 127 cm³/mol. The highest BCUT2D eigenvalue weighted by Crippen LogP contribution is 2.54. The van der Waals surface area contributed by atoms with Gasteiger partial charge in [0.25, 0.3) is 11.8 Å². The largest absolute Gasteiger partial charge is 0.435 e.